The molecule has 1 N–H and O–H groups in total. The van der Waals surface area contributed by atoms with Crippen molar-refractivity contribution in [2.75, 3.05) is 38.5 Å². The highest BCUT2D eigenvalue weighted by atomic mass is 19.4. The van der Waals surface area contributed by atoms with Crippen LogP contribution in [0, 0.1) is 0 Å². The van der Waals surface area contributed by atoms with Crippen molar-refractivity contribution in [2.45, 2.75) is 12.7 Å². The van der Waals surface area contributed by atoms with Gasteiger partial charge >= 0.3 is 6.18 Å². The average molecular weight is 403 g/mol. The number of likely N-dealkylation sites (N-methyl/N-ethyl adjacent to an activating group) is 1. The van der Waals surface area contributed by atoms with Gasteiger partial charge in [0, 0.05) is 44.5 Å². The Bertz CT molecular complexity index is 854. The lowest BCUT2D eigenvalue weighted by atomic mass is 10.1. The highest BCUT2D eigenvalue weighted by molar-refractivity contribution is 6.01. The van der Waals surface area contributed by atoms with E-state index in [9.17, 15) is 18.0 Å². The molecule has 0 aliphatic carbocycles. The molecular weight excluding hydrogens is 379 g/mol. The van der Waals surface area contributed by atoms with Crippen molar-refractivity contribution in [3.05, 3.63) is 71.3 Å². The number of halogens is 3. The van der Waals surface area contributed by atoms with E-state index < -0.39 is 11.7 Å². The lowest BCUT2D eigenvalue weighted by molar-refractivity contribution is -0.137. The van der Waals surface area contributed by atoms with Crippen LogP contribution < -0.4 is 5.32 Å². The van der Waals surface area contributed by atoms with E-state index in [0.717, 1.165) is 50.4 Å². The lowest BCUT2D eigenvalue weighted by Crippen LogP contribution is -2.43. The van der Waals surface area contributed by atoms with Crippen LogP contribution in [0.25, 0.3) is 6.08 Å². The van der Waals surface area contributed by atoms with Gasteiger partial charge in [0.15, 0.2) is 0 Å². The van der Waals surface area contributed by atoms with Crippen LogP contribution in [0.1, 0.15) is 16.7 Å². The lowest BCUT2D eigenvalue weighted by Gasteiger charge is -2.32. The third-order valence-electron chi connectivity index (χ3n) is 4.86. The fourth-order valence-electron chi connectivity index (χ4n) is 3.15. The molecule has 0 saturated carbocycles. The molecule has 1 fully saturated rings. The van der Waals surface area contributed by atoms with Crippen molar-refractivity contribution < 1.29 is 18.0 Å². The van der Waals surface area contributed by atoms with E-state index >= 15 is 0 Å². The van der Waals surface area contributed by atoms with E-state index in [0.29, 0.717) is 11.3 Å². The van der Waals surface area contributed by atoms with Gasteiger partial charge in [0.1, 0.15) is 0 Å². The summed E-state index contributed by atoms with van der Waals surface area (Å²) in [4.78, 5) is 16.8. The normalized spacial score (nSPS) is 16.3. The van der Waals surface area contributed by atoms with Crippen molar-refractivity contribution in [1.29, 1.82) is 0 Å². The first-order valence-corrected chi connectivity index (χ1v) is 9.46. The van der Waals surface area contributed by atoms with E-state index in [2.05, 4.69) is 22.2 Å². The molecule has 29 heavy (non-hydrogen) atoms. The number of alkyl halides is 3. The SMILES string of the molecule is CN1CCN(Cc2cccc(NC(=O)/C=C/c3ccc(C(F)(F)F)cc3)c2)CC1. The first-order chi connectivity index (χ1) is 13.8. The molecule has 0 radical (unpaired) electrons. The van der Waals surface area contributed by atoms with Crippen molar-refractivity contribution >= 4 is 17.7 Å². The molecule has 1 aliphatic rings. The molecule has 0 unspecified atom stereocenters. The predicted molar refractivity (Wildman–Crippen MR) is 108 cm³/mol. The highest BCUT2D eigenvalue weighted by Gasteiger charge is 2.29. The van der Waals surface area contributed by atoms with Crippen LogP contribution in [-0.4, -0.2) is 48.9 Å². The van der Waals surface area contributed by atoms with Gasteiger partial charge in [0.05, 0.1) is 5.56 Å². The van der Waals surface area contributed by atoms with Gasteiger partial charge in [0.2, 0.25) is 5.91 Å². The summed E-state index contributed by atoms with van der Waals surface area (Å²) in [6, 6.07) is 12.4. The molecule has 2 aromatic carbocycles. The molecule has 1 amide bonds. The summed E-state index contributed by atoms with van der Waals surface area (Å²) in [6.07, 6.45) is -1.56. The van der Waals surface area contributed by atoms with Gasteiger partial charge in [-0.3, -0.25) is 9.69 Å². The van der Waals surface area contributed by atoms with Gasteiger partial charge in [-0.15, -0.1) is 0 Å². The molecular formula is C22H24F3N3O. The van der Waals surface area contributed by atoms with Crippen molar-refractivity contribution in [3.63, 3.8) is 0 Å². The summed E-state index contributed by atoms with van der Waals surface area (Å²) >= 11 is 0. The Hall–Kier alpha value is -2.64. The van der Waals surface area contributed by atoms with Gasteiger partial charge < -0.3 is 10.2 Å². The summed E-state index contributed by atoms with van der Waals surface area (Å²) < 4.78 is 37.8. The summed E-state index contributed by atoms with van der Waals surface area (Å²) in [5, 5.41) is 2.80. The predicted octanol–water partition coefficient (Wildman–Crippen LogP) is 4.10. The Kier molecular flexibility index (Phi) is 6.71. The zero-order valence-corrected chi connectivity index (χ0v) is 16.2. The Balaban J connectivity index is 1.55. The number of hydrogen-bond acceptors (Lipinski definition) is 3. The third kappa shape index (κ3) is 6.44. The molecule has 3 rings (SSSR count). The fourth-order valence-corrected chi connectivity index (χ4v) is 3.15. The van der Waals surface area contributed by atoms with Crippen LogP contribution in [0.15, 0.2) is 54.6 Å². The van der Waals surface area contributed by atoms with E-state index in [4.69, 9.17) is 0 Å². The number of rotatable bonds is 5. The standard InChI is InChI=1S/C22H24F3N3O/c1-27-11-13-28(14-12-27)16-18-3-2-4-20(15-18)26-21(29)10-7-17-5-8-19(9-6-17)22(23,24)25/h2-10,15H,11-14,16H2,1H3,(H,26,29)/b10-7+. The monoisotopic (exact) mass is 403 g/mol. The van der Waals surface area contributed by atoms with E-state index in [1.807, 2.05) is 24.3 Å². The molecule has 0 aromatic heterocycles. The molecule has 2 aromatic rings. The van der Waals surface area contributed by atoms with Gasteiger partial charge in [-0.2, -0.15) is 13.2 Å². The highest BCUT2D eigenvalue weighted by Crippen LogP contribution is 2.29. The topological polar surface area (TPSA) is 35.6 Å². The smallest absolute Gasteiger partial charge is 0.323 e. The number of benzene rings is 2. The van der Waals surface area contributed by atoms with Crippen molar-refractivity contribution in [3.8, 4) is 0 Å². The molecule has 1 aliphatic heterocycles. The van der Waals surface area contributed by atoms with E-state index in [1.165, 1.54) is 24.3 Å². The number of carbonyl (C=O) groups is 1. The van der Waals surface area contributed by atoms with Crippen LogP contribution in [0.2, 0.25) is 0 Å². The van der Waals surface area contributed by atoms with Crippen LogP contribution in [0.5, 0.6) is 0 Å². The molecule has 0 bridgehead atoms. The largest absolute Gasteiger partial charge is 0.416 e. The minimum atomic E-state index is -4.37. The molecule has 0 atom stereocenters. The number of hydrogen-bond donors (Lipinski definition) is 1. The van der Waals surface area contributed by atoms with Gasteiger partial charge in [0.25, 0.3) is 0 Å². The van der Waals surface area contributed by atoms with E-state index in [-0.39, 0.29) is 5.91 Å². The summed E-state index contributed by atoms with van der Waals surface area (Å²) in [5.74, 6) is -0.332. The summed E-state index contributed by atoms with van der Waals surface area (Å²) in [5.41, 5.74) is 1.63. The van der Waals surface area contributed by atoms with Gasteiger partial charge in [-0.05, 0) is 48.5 Å². The zero-order valence-electron chi connectivity index (χ0n) is 16.2. The van der Waals surface area contributed by atoms with Crippen molar-refractivity contribution in [1.82, 2.24) is 9.80 Å². The number of nitrogens with one attached hydrogen (secondary N) is 1. The summed E-state index contributed by atoms with van der Waals surface area (Å²) in [6.45, 7) is 4.96. The maximum absolute atomic E-state index is 12.6. The van der Waals surface area contributed by atoms with Crippen molar-refractivity contribution in [2.24, 2.45) is 0 Å². The van der Waals surface area contributed by atoms with Crippen LogP contribution >= 0.6 is 0 Å². The Morgan fingerprint density at radius 1 is 1.07 bits per heavy atom. The molecule has 0 spiro atoms. The first kappa shape index (κ1) is 21.1. The number of carbonyl (C=O) groups excluding carboxylic acids is 1. The summed E-state index contributed by atoms with van der Waals surface area (Å²) in [7, 11) is 2.12. The zero-order chi connectivity index (χ0) is 20.9. The fraction of sp³-hybridized carbons (Fsp3) is 0.318. The number of nitrogens with zero attached hydrogens (tertiary/aromatic N) is 2. The second-order valence-corrected chi connectivity index (χ2v) is 7.22. The number of piperazine rings is 1. The second-order valence-electron chi connectivity index (χ2n) is 7.22. The average Bonchev–Trinajstić information content (AvgIpc) is 2.68. The maximum Gasteiger partial charge on any atom is 0.416 e. The maximum atomic E-state index is 12.6. The quantitative estimate of drug-likeness (QED) is 0.764. The Morgan fingerprint density at radius 2 is 1.76 bits per heavy atom. The Labute approximate surface area is 168 Å². The molecule has 4 nitrogen and oxygen atoms in total. The van der Waals surface area contributed by atoms with Crippen LogP contribution in [0.4, 0.5) is 18.9 Å². The van der Waals surface area contributed by atoms with Crippen LogP contribution in [-0.2, 0) is 17.5 Å². The molecule has 7 heteroatoms. The second kappa shape index (κ2) is 9.24. The van der Waals surface area contributed by atoms with Crippen LogP contribution in [0.3, 0.4) is 0 Å². The van der Waals surface area contributed by atoms with Gasteiger partial charge in [-0.25, -0.2) is 0 Å². The third-order valence-corrected chi connectivity index (χ3v) is 4.86. The minimum absolute atomic E-state index is 0.332. The van der Waals surface area contributed by atoms with Gasteiger partial charge in [-0.1, -0.05) is 24.3 Å². The minimum Gasteiger partial charge on any atom is -0.323 e. The Morgan fingerprint density at radius 3 is 2.41 bits per heavy atom. The molecule has 154 valence electrons. The molecule has 1 heterocycles. The van der Waals surface area contributed by atoms with E-state index in [1.54, 1.807) is 0 Å². The molecule has 1 saturated heterocycles. The number of amides is 1. The first-order valence-electron chi connectivity index (χ1n) is 9.46. The number of anilines is 1.